The SMILES string of the molecule is C[C@@H]1CN(c2cccc(-c3csc(NC(=O)CNC(=O)c4ccn(C5(C#N)CCC5)c4)n3)n2)C[C@H](C)O1. The largest absolute Gasteiger partial charge is 0.372 e. The molecule has 0 unspecified atom stereocenters. The Balaban J connectivity index is 1.16. The number of rotatable bonds is 7. The molecule has 0 bridgehead atoms. The molecule has 1 saturated heterocycles. The van der Waals surface area contributed by atoms with E-state index in [9.17, 15) is 14.9 Å². The first-order valence-electron chi connectivity index (χ1n) is 12.4. The lowest BCUT2D eigenvalue weighted by Crippen LogP contribution is -2.45. The molecule has 1 saturated carbocycles. The van der Waals surface area contributed by atoms with Crippen LogP contribution in [0.25, 0.3) is 11.4 Å². The molecule has 5 rings (SSSR count). The molecule has 3 aromatic rings. The van der Waals surface area contributed by atoms with Crippen LogP contribution in [-0.4, -0.2) is 58.2 Å². The van der Waals surface area contributed by atoms with Crippen LogP contribution in [0.5, 0.6) is 0 Å². The number of amides is 2. The predicted octanol–water partition coefficient (Wildman–Crippen LogP) is 3.39. The molecule has 2 aliphatic rings. The number of morpholine rings is 1. The van der Waals surface area contributed by atoms with Crippen molar-refractivity contribution >= 4 is 34.1 Å². The summed E-state index contributed by atoms with van der Waals surface area (Å²) in [7, 11) is 0. The molecule has 1 aliphatic carbocycles. The minimum absolute atomic E-state index is 0.132. The Kier molecular flexibility index (Phi) is 6.95. The lowest BCUT2D eigenvalue weighted by atomic mass is 9.78. The van der Waals surface area contributed by atoms with Gasteiger partial charge in [-0.3, -0.25) is 9.59 Å². The summed E-state index contributed by atoms with van der Waals surface area (Å²) in [5.41, 5.74) is 1.26. The topological polar surface area (TPSA) is 125 Å². The average Bonchev–Trinajstić information content (AvgIpc) is 3.52. The summed E-state index contributed by atoms with van der Waals surface area (Å²) in [5, 5.41) is 17.1. The number of thiazole rings is 1. The number of hydrogen-bond acceptors (Lipinski definition) is 8. The molecule has 192 valence electrons. The number of carbonyl (C=O) groups excluding carboxylic acids is 2. The van der Waals surface area contributed by atoms with Crippen molar-refractivity contribution in [1.29, 1.82) is 5.26 Å². The third-order valence-electron chi connectivity index (χ3n) is 6.74. The quantitative estimate of drug-likeness (QED) is 0.490. The number of nitriles is 1. The van der Waals surface area contributed by atoms with Gasteiger partial charge in [-0.05, 0) is 51.3 Å². The number of hydrogen-bond donors (Lipinski definition) is 2. The summed E-state index contributed by atoms with van der Waals surface area (Å²) in [6.07, 6.45) is 6.24. The van der Waals surface area contributed by atoms with E-state index < -0.39 is 5.54 Å². The Hall–Kier alpha value is -3.75. The van der Waals surface area contributed by atoms with E-state index in [4.69, 9.17) is 9.72 Å². The van der Waals surface area contributed by atoms with Gasteiger partial charge < -0.3 is 24.8 Å². The van der Waals surface area contributed by atoms with E-state index in [1.807, 2.05) is 23.6 Å². The molecular weight excluding hydrogens is 490 g/mol. The van der Waals surface area contributed by atoms with E-state index >= 15 is 0 Å². The highest BCUT2D eigenvalue weighted by atomic mass is 32.1. The lowest BCUT2D eigenvalue weighted by molar-refractivity contribution is -0.115. The van der Waals surface area contributed by atoms with Gasteiger partial charge in [-0.25, -0.2) is 9.97 Å². The second kappa shape index (κ2) is 10.3. The summed E-state index contributed by atoms with van der Waals surface area (Å²) in [5.74, 6) is 0.126. The number of nitrogens with zero attached hydrogens (tertiary/aromatic N) is 5. The maximum atomic E-state index is 12.5. The van der Waals surface area contributed by atoms with E-state index in [1.165, 1.54) is 11.3 Å². The van der Waals surface area contributed by atoms with Gasteiger partial charge in [-0.1, -0.05) is 6.07 Å². The summed E-state index contributed by atoms with van der Waals surface area (Å²) >= 11 is 1.30. The van der Waals surface area contributed by atoms with Gasteiger partial charge in [-0.15, -0.1) is 11.3 Å². The highest BCUT2D eigenvalue weighted by Crippen LogP contribution is 2.38. The van der Waals surface area contributed by atoms with Crippen LogP contribution in [0.3, 0.4) is 0 Å². The predicted molar refractivity (Wildman–Crippen MR) is 140 cm³/mol. The molecule has 2 N–H and O–H groups in total. The first-order chi connectivity index (χ1) is 17.8. The van der Waals surface area contributed by atoms with Crippen LogP contribution in [0, 0.1) is 11.3 Å². The molecule has 2 fully saturated rings. The number of aromatic nitrogens is 3. The van der Waals surface area contributed by atoms with Gasteiger partial charge in [0.25, 0.3) is 5.91 Å². The van der Waals surface area contributed by atoms with Crippen LogP contribution in [0.4, 0.5) is 10.9 Å². The summed E-state index contributed by atoms with van der Waals surface area (Å²) < 4.78 is 7.62. The highest BCUT2D eigenvalue weighted by Gasteiger charge is 2.38. The maximum absolute atomic E-state index is 12.5. The fourth-order valence-electron chi connectivity index (χ4n) is 4.72. The molecule has 0 radical (unpaired) electrons. The number of ether oxygens (including phenoxy) is 1. The molecule has 4 heterocycles. The molecule has 0 spiro atoms. The minimum Gasteiger partial charge on any atom is -0.372 e. The molecule has 10 nitrogen and oxygen atoms in total. The lowest BCUT2D eigenvalue weighted by Gasteiger charge is -2.36. The number of carbonyl (C=O) groups is 2. The van der Waals surface area contributed by atoms with E-state index in [-0.39, 0.29) is 30.6 Å². The van der Waals surface area contributed by atoms with Gasteiger partial charge in [0, 0.05) is 30.9 Å². The smallest absolute Gasteiger partial charge is 0.253 e. The molecule has 2 amide bonds. The molecule has 11 heteroatoms. The van der Waals surface area contributed by atoms with Crippen molar-refractivity contribution < 1.29 is 14.3 Å². The third-order valence-corrected chi connectivity index (χ3v) is 7.50. The molecule has 3 aromatic heterocycles. The Morgan fingerprint density at radius 1 is 1.19 bits per heavy atom. The molecule has 1 aliphatic heterocycles. The fraction of sp³-hybridized carbons (Fsp3) is 0.423. The van der Waals surface area contributed by atoms with Crippen LogP contribution in [0.1, 0.15) is 43.5 Å². The van der Waals surface area contributed by atoms with E-state index in [2.05, 4.69) is 40.4 Å². The zero-order valence-electron chi connectivity index (χ0n) is 20.8. The normalized spacial score (nSPS) is 20.5. The van der Waals surface area contributed by atoms with Crippen LogP contribution < -0.4 is 15.5 Å². The summed E-state index contributed by atoms with van der Waals surface area (Å²) in [4.78, 5) is 36.4. The zero-order chi connectivity index (χ0) is 26.0. The Morgan fingerprint density at radius 2 is 1.97 bits per heavy atom. The van der Waals surface area contributed by atoms with Crippen molar-refractivity contribution in [2.45, 2.75) is 50.9 Å². The van der Waals surface area contributed by atoms with Crippen molar-refractivity contribution in [1.82, 2.24) is 19.9 Å². The summed E-state index contributed by atoms with van der Waals surface area (Å²) in [6, 6.07) is 9.83. The monoisotopic (exact) mass is 519 g/mol. The number of anilines is 2. The van der Waals surface area contributed by atoms with Gasteiger partial charge in [0.1, 0.15) is 17.1 Å². The zero-order valence-corrected chi connectivity index (χ0v) is 21.6. The minimum atomic E-state index is -0.550. The first-order valence-corrected chi connectivity index (χ1v) is 13.2. The fourth-order valence-corrected chi connectivity index (χ4v) is 5.44. The second-order valence-electron chi connectivity index (χ2n) is 9.62. The van der Waals surface area contributed by atoms with Gasteiger partial charge >= 0.3 is 0 Å². The number of pyridine rings is 1. The Bertz CT molecular complexity index is 1330. The van der Waals surface area contributed by atoms with Crippen molar-refractivity contribution in [2.75, 3.05) is 29.9 Å². The average molecular weight is 520 g/mol. The summed E-state index contributed by atoms with van der Waals surface area (Å²) in [6.45, 7) is 5.46. The van der Waals surface area contributed by atoms with Crippen molar-refractivity contribution in [3.63, 3.8) is 0 Å². The molecule has 2 atom stereocenters. The van der Waals surface area contributed by atoms with E-state index in [0.29, 0.717) is 16.4 Å². The maximum Gasteiger partial charge on any atom is 0.253 e. The van der Waals surface area contributed by atoms with E-state index in [0.717, 1.165) is 43.9 Å². The Morgan fingerprint density at radius 3 is 2.68 bits per heavy atom. The van der Waals surface area contributed by atoms with Crippen molar-refractivity contribution in [2.24, 2.45) is 0 Å². The van der Waals surface area contributed by atoms with Gasteiger partial charge in [0.05, 0.1) is 36.1 Å². The third kappa shape index (κ3) is 5.35. The highest BCUT2D eigenvalue weighted by molar-refractivity contribution is 7.14. The van der Waals surface area contributed by atoms with Gasteiger partial charge in [0.15, 0.2) is 5.13 Å². The van der Waals surface area contributed by atoms with E-state index in [1.54, 1.807) is 23.0 Å². The van der Waals surface area contributed by atoms with Gasteiger partial charge in [-0.2, -0.15) is 5.26 Å². The standard InChI is InChI=1S/C26H29N7O3S/c1-17-12-32(13-18(2)36-17)22-6-3-5-20(29-22)21-15-37-25(30-21)31-23(34)11-28-24(35)19-7-10-33(14-19)26(16-27)8-4-9-26/h3,5-7,10,14-15,17-18H,4,8-9,11-13H2,1-2H3,(H,28,35)(H,30,31,34)/t17-,18+. The van der Waals surface area contributed by atoms with Crippen molar-refractivity contribution in [3.05, 3.63) is 47.6 Å². The van der Waals surface area contributed by atoms with Crippen molar-refractivity contribution in [3.8, 4) is 17.5 Å². The van der Waals surface area contributed by atoms with Crippen LogP contribution in [-0.2, 0) is 15.1 Å². The van der Waals surface area contributed by atoms with Crippen LogP contribution in [0.2, 0.25) is 0 Å². The van der Waals surface area contributed by atoms with Gasteiger partial charge in [0.2, 0.25) is 5.91 Å². The van der Waals surface area contributed by atoms with Crippen LogP contribution >= 0.6 is 11.3 Å². The molecule has 37 heavy (non-hydrogen) atoms. The molecule has 0 aromatic carbocycles. The number of nitrogens with one attached hydrogen (secondary N) is 2. The molecular formula is C26H29N7O3S. The second-order valence-corrected chi connectivity index (χ2v) is 10.5. The first kappa shape index (κ1) is 24.9. The Labute approximate surface area is 219 Å². The van der Waals surface area contributed by atoms with Crippen LogP contribution in [0.15, 0.2) is 42.0 Å².